The maximum Gasteiger partial charge on any atom is 0.227 e. The van der Waals surface area contributed by atoms with Crippen LogP contribution in [0.25, 0.3) is 0 Å². The first-order valence-corrected chi connectivity index (χ1v) is 6.86. The minimum Gasteiger partial charge on any atom is -0.495 e. The van der Waals surface area contributed by atoms with Crippen LogP contribution in [0.1, 0.15) is 39.5 Å². The molecule has 0 saturated heterocycles. The monoisotopic (exact) mass is 300 g/mol. The SMILES string of the molecule is CCCCC(CC)C(=O)Nc1ccc(OC)c(N)c1.Cl. The topological polar surface area (TPSA) is 64.3 Å². The van der Waals surface area contributed by atoms with E-state index in [0.29, 0.717) is 11.4 Å². The van der Waals surface area contributed by atoms with Gasteiger partial charge in [0.15, 0.2) is 0 Å². The predicted octanol–water partition coefficient (Wildman–Crippen LogP) is 3.85. The van der Waals surface area contributed by atoms with Crippen molar-refractivity contribution in [2.45, 2.75) is 39.5 Å². The summed E-state index contributed by atoms with van der Waals surface area (Å²) in [5.74, 6) is 0.764. The molecule has 1 rings (SSSR count). The Hall–Kier alpha value is -1.42. The largest absolute Gasteiger partial charge is 0.495 e. The molecular formula is C15H25ClN2O2. The number of carbonyl (C=O) groups is 1. The summed E-state index contributed by atoms with van der Waals surface area (Å²) in [7, 11) is 1.57. The van der Waals surface area contributed by atoms with Gasteiger partial charge in [0.1, 0.15) is 5.75 Å². The van der Waals surface area contributed by atoms with Crippen LogP contribution in [-0.4, -0.2) is 13.0 Å². The molecule has 20 heavy (non-hydrogen) atoms. The zero-order valence-corrected chi connectivity index (χ0v) is 13.3. The van der Waals surface area contributed by atoms with E-state index >= 15 is 0 Å². The molecule has 1 aromatic carbocycles. The summed E-state index contributed by atoms with van der Waals surface area (Å²) in [6.07, 6.45) is 3.98. The highest BCUT2D eigenvalue weighted by atomic mass is 35.5. The Morgan fingerprint density at radius 3 is 2.60 bits per heavy atom. The standard InChI is InChI=1S/C15H24N2O2.ClH/c1-4-6-7-11(5-2)15(18)17-12-8-9-14(19-3)13(16)10-12;/h8-11H,4-7,16H2,1-3H3,(H,17,18);1H. The Kier molecular flexibility index (Phi) is 8.81. The van der Waals surface area contributed by atoms with Gasteiger partial charge in [0.25, 0.3) is 0 Å². The Bertz CT molecular complexity index is 424. The third-order valence-electron chi connectivity index (χ3n) is 3.27. The number of benzene rings is 1. The van der Waals surface area contributed by atoms with Crippen LogP contribution in [0.4, 0.5) is 11.4 Å². The van der Waals surface area contributed by atoms with Crippen molar-refractivity contribution in [1.82, 2.24) is 0 Å². The van der Waals surface area contributed by atoms with Crippen molar-refractivity contribution in [2.24, 2.45) is 5.92 Å². The number of nitrogens with one attached hydrogen (secondary N) is 1. The fraction of sp³-hybridized carbons (Fsp3) is 0.533. The number of anilines is 2. The number of rotatable bonds is 7. The van der Waals surface area contributed by atoms with Gasteiger partial charge in [0.2, 0.25) is 5.91 Å². The Morgan fingerprint density at radius 1 is 1.40 bits per heavy atom. The van der Waals surface area contributed by atoms with Crippen LogP contribution < -0.4 is 15.8 Å². The van der Waals surface area contributed by atoms with Crippen molar-refractivity contribution in [3.05, 3.63) is 18.2 Å². The molecule has 4 nitrogen and oxygen atoms in total. The number of amides is 1. The third kappa shape index (κ3) is 5.29. The van der Waals surface area contributed by atoms with Gasteiger partial charge in [-0.1, -0.05) is 26.7 Å². The molecule has 0 aliphatic carbocycles. The molecule has 1 unspecified atom stereocenters. The Morgan fingerprint density at radius 2 is 2.10 bits per heavy atom. The van der Waals surface area contributed by atoms with E-state index < -0.39 is 0 Å². The number of nitrogens with two attached hydrogens (primary N) is 1. The molecule has 0 aromatic heterocycles. The van der Waals surface area contributed by atoms with Gasteiger partial charge in [-0.15, -0.1) is 12.4 Å². The molecule has 5 heteroatoms. The molecule has 0 spiro atoms. The minimum atomic E-state index is 0. The first-order valence-electron chi connectivity index (χ1n) is 6.86. The third-order valence-corrected chi connectivity index (χ3v) is 3.27. The van der Waals surface area contributed by atoms with Crippen LogP contribution in [0, 0.1) is 5.92 Å². The number of hydrogen-bond acceptors (Lipinski definition) is 3. The van der Waals surface area contributed by atoms with E-state index in [1.807, 2.05) is 6.92 Å². The number of methoxy groups -OCH3 is 1. The summed E-state index contributed by atoms with van der Waals surface area (Å²) >= 11 is 0. The van der Waals surface area contributed by atoms with Crippen LogP contribution in [0.2, 0.25) is 0 Å². The molecule has 0 heterocycles. The fourth-order valence-corrected chi connectivity index (χ4v) is 2.03. The second kappa shape index (κ2) is 9.48. The summed E-state index contributed by atoms with van der Waals surface area (Å²) < 4.78 is 5.09. The normalized spacial score (nSPS) is 11.3. The summed E-state index contributed by atoms with van der Waals surface area (Å²) in [4.78, 5) is 12.1. The predicted molar refractivity (Wildman–Crippen MR) is 86.6 cm³/mol. The molecule has 0 aliphatic heterocycles. The van der Waals surface area contributed by atoms with Crippen molar-refractivity contribution in [1.29, 1.82) is 0 Å². The number of hydrogen-bond donors (Lipinski definition) is 2. The molecule has 0 saturated carbocycles. The molecule has 0 bridgehead atoms. The number of nitrogen functional groups attached to an aromatic ring is 1. The van der Waals surface area contributed by atoms with E-state index in [0.717, 1.165) is 31.4 Å². The molecule has 1 aromatic rings. The van der Waals surface area contributed by atoms with E-state index in [1.165, 1.54) is 0 Å². The molecule has 0 fully saturated rings. The highest BCUT2D eigenvalue weighted by molar-refractivity contribution is 5.93. The lowest BCUT2D eigenvalue weighted by molar-refractivity contribution is -0.120. The number of halogens is 1. The van der Waals surface area contributed by atoms with Crippen LogP contribution in [0.15, 0.2) is 18.2 Å². The number of unbranched alkanes of at least 4 members (excludes halogenated alkanes) is 1. The van der Waals surface area contributed by atoms with Crippen molar-refractivity contribution in [3.63, 3.8) is 0 Å². The van der Waals surface area contributed by atoms with Gasteiger partial charge in [-0.3, -0.25) is 4.79 Å². The number of carbonyl (C=O) groups excluding carboxylic acids is 1. The highest BCUT2D eigenvalue weighted by Gasteiger charge is 2.16. The maximum absolute atomic E-state index is 12.1. The molecular weight excluding hydrogens is 276 g/mol. The summed E-state index contributed by atoms with van der Waals surface area (Å²) in [5, 5.41) is 2.92. The maximum atomic E-state index is 12.1. The van der Waals surface area contributed by atoms with Crippen molar-refractivity contribution in [2.75, 3.05) is 18.2 Å². The Labute approximate surface area is 127 Å². The van der Waals surface area contributed by atoms with Gasteiger partial charge >= 0.3 is 0 Å². The molecule has 1 amide bonds. The quantitative estimate of drug-likeness (QED) is 0.752. The molecule has 0 aliphatic rings. The van der Waals surface area contributed by atoms with Gasteiger partial charge < -0.3 is 15.8 Å². The lowest BCUT2D eigenvalue weighted by Crippen LogP contribution is -2.22. The highest BCUT2D eigenvalue weighted by Crippen LogP contribution is 2.25. The van der Waals surface area contributed by atoms with Gasteiger partial charge in [-0.25, -0.2) is 0 Å². The van der Waals surface area contributed by atoms with Gasteiger partial charge in [0, 0.05) is 11.6 Å². The zero-order chi connectivity index (χ0) is 14.3. The van der Waals surface area contributed by atoms with Crippen LogP contribution in [-0.2, 0) is 4.79 Å². The van der Waals surface area contributed by atoms with E-state index in [-0.39, 0.29) is 24.2 Å². The van der Waals surface area contributed by atoms with Gasteiger partial charge in [-0.05, 0) is 31.0 Å². The second-order valence-corrected chi connectivity index (χ2v) is 4.69. The van der Waals surface area contributed by atoms with E-state index in [1.54, 1.807) is 25.3 Å². The zero-order valence-electron chi connectivity index (χ0n) is 12.4. The summed E-state index contributed by atoms with van der Waals surface area (Å²) in [6.45, 7) is 4.18. The lowest BCUT2D eigenvalue weighted by Gasteiger charge is -2.15. The smallest absolute Gasteiger partial charge is 0.227 e. The van der Waals surface area contributed by atoms with Gasteiger partial charge in [-0.2, -0.15) is 0 Å². The van der Waals surface area contributed by atoms with Crippen LogP contribution in [0.3, 0.4) is 0 Å². The Balaban J connectivity index is 0.00000361. The van der Waals surface area contributed by atoms with E-state index in [9.17, 15) is 4.79 Å². The molecule has 3 N–H and O–H groups in total. The molecule has 0 radical (unpaired) electrons. The molecule has 1 atom stereocenters. The van der Waals surface area contributed by atoms with Crippen molar-refractivity contribution >= 4 is 29.7 Å². The van der Waals surface area contributed by atoms with E-state index in [4.69, 9.17) is 10.5 Å². The second-order valence-electron chi connectivity index (χ2n) is 4.69. The van der Waals surface area contributed by atoms with E-state index in [2.05, 4.69) is 12.2 Å². The summed E-state index contributed by atoms with van der Waals surface area (Å²) in [5.41, 5.74) is 7.07. The van der Waals surface area contributed by atoms with Crippen LogP contribution >= 0.6 is 12.4 Å². The number of ether oxygens (including phenoxy) is 1. The van der Waals surface area contributed by atoms with Gasteiger partial charge in [0.05, 0.1) is 12.8 Å². The average Bonchev–Trinajstić information content (AvgIpc) is 2.40. The van der Waals surface area contributed by atoms with Crippen molar-refractivity contribution < 1.29 is 9.53 Å². The first-order chi connectivity index (χ1) is 9.12. The van der Waals surface area contributed by atoms with Crippen molar-refractivity contribution in [3.8, 4) is 5.75 Å². The minimum absolute atomic E-state index is 0. The lowest BCUT2D eigenvalue weighted by atomic mass is 9.98. The fourth-order valence-electron chi connectivity index (χ4n) is 2.03. The summed E-state index contributed by atoms with van der Waals surface area (Å²) in [6, 6.07) is 5.29. The average molecular weight is 301 g/mol. The first kappa shape index (κ1) is 18.6. The van der Waals surface area contributed by atoms with Crippen LogP contribution in [0.5, 0.6) is 5.75 Å². The molecule has 114 valence electrons.